The third kappa shape index (κ3) is 7.15. The molecular formula is C22H20N4O4S3. The number of rotatable bonds is 10. The fourth-order valence-electron chi connectivity index (χ4n) is 2.61. The van der Waals surface area contributed by atoms with Crippen LogP contribution in [-0.2, 0) is 9.59 Å². The molecule has 8 nitrogen and oxygen atoms in total. The summed E-state index contributed by atoms with van der Waals surface area (Å²) in [5, 5.41) is 15.6. The molecular weight excluding hydrogens is 480 g/mol. The number of anilines is 2. The molecule has 0 atom stereocenters. The molecule has 2 amide bonds. The number of ether oxygens (including phenoxy) is 2. The third-order valence-corrected chi connectivity index (χ3v) is 7.31. The molecule has 3 rings (SSSR count). The summed E-state index contributed by atoms with van der Waals surface area (Å²) in [6, 6.07) is 16.2. The normalized spacial score (nSPS) is 10.2. The minimum absolute atomic E-state index is 0.0933. The molecule has 33 heavy (non-hydrogen) atoms. The number of thioether (sulfide) groups is 2. The van der Waals surface area contributed by atoms with E-state index in [1.807, 2.05) is 0 Å². The van der Waals surface area contributed by atoms with Gasteiger partial charge in [-0.3, -0.25) is 9.59 Å². The van der Waals surface area contributed by atoms with Gasteiger partial charge in [-0.2, -0.15) is 9.64 Å². The summed E-state index contributed by atoms with van der Waals surface area (Å²) >= 11 is 3.55. The second-order valence-electron chi connectivity index (χ2n) is 6.40. The third-order valence-electron chi connectivity index (χ3n) is 4.12. The van der Waals surface area contributed by atoms with E-state index < -0.39 is 0 Å². The largest absolute Gasteiger partial charge is 0.497 e. The highest BCUT2D eigenvalue weighted by atomic mass is 32.2. The molecule has 0 radical (unpaired) electrons. The number of nitriles is 1. The second-order valence-corrected chi connectivity index (χ2v) is 9.38. The lowest BCUT2D eigenvalue weighted by Crippen LogP contribution is -2.14. The van der Waals surface area contributed by atoms with Crippen LogP contribution >= 0.6 is 35.1 Å². The molecule has 2 N–H and O–H groups in total. The van der Waals surface area contributed by atoms with Gasteiger partial charge in [-0.1, -0.05) is 23.9 Å². The number of hydrogen-bond acceptors (Lipinski definition) is 9. The van der Waals surface area contributed by atoms with E-state index in [9.17, 15) is 14.9 Å². The summed E-state index contributed by atoms with van der Waals surface area (Å²) in [6.45, 7) is 0. The minimum atomic E-state index is -0.225. The molecule has 11 heteroatoms. The van der Waals surface area contributed by atoms with Gasteiger partial charge in [-0.05, 0) is 35.8 Å². The molecule has 0 aliphatic rings. The lowest BCUT2D eigenvalue weighted by atomic mass is 10.3. The van der Waals surface area contributed by atoms with Gasteiger partial charge in [0.2, 0.25) is 11.8 Å². The lowest BCUT2D eigenvalue weighted by Gasteiger charge is -2.07. The van der Waals surface area contributed by atoms with Crippen molar-refractivity contribution in [1.82, 2.24) is 4.37 Å². The van der Waals surface area contributed by atoms with Gasteiger partial charge in [-0.25, -0.2) is 0 Å². The molecule has 0 fully saturated rings. The highest BCUT2D eigenvalue weighted by Crippen LogP contribution is 2.34. The number of amides is 2. The van der Waals surface area contributed by atoms with E-state index in [2.05, 4.69) is 21.1 Å². The average molecular weight is 501 g/mol. The molecule has 0 aliphatic carbocycles. The molecule has 1 aromatic heterocycles. The number of benzene rings is 2. The number of hydrogen-bond donors (Lipinski definition) is 2. The van der Waals surface area contributed by atoms with Crippen LogP contribution in [-0.4, -0.2) is 41.9 Å². The predicted octanol–water partition coefficient (Wildman–Crippen LogP) is 4.49. The molecule has 0 saturated carbocycles. The smallest absolute Gasteiger partial charge is 0.234 e. The molecule has 0 spiro atoms. The Labute approximate surface area is 203 Å². The van der Waals surface area contributed by atoms with Gasteiger partial charge < -0.3 is 20.1 Å². The summed E-state index contributed by atoms with van der Waals surface area (Å²) in [7, 11) is 3.11. The maximum absolute atomic E-state index is 12.3. The van der Waals surface area contributed by atoms with E-state index in [0.29, 0.717) is 37.7 Å². The molecule has 1 heterocycles. The Morgan fingerprint density at radius 1 is 0.970 bits per heavy atom. The first kappa shape index (κ1) is 24.4. The van der Waals surface area contributed by atoms with Crippen LogP contribution in [0.1, 0.15) is 5.56 Å². The number of methoxy groups -OCH3 is 2. The molecule has 0 unspecified atom stereocenters. The van der Waals surface area contributed by atoms with Crippen molar-refractivity contribution >= 4 is 58.2 Å². The number of aromatic nitrogens is 1. The number of nitrogens with zero attached hydrogens (tertiary/aromatic N) is 2. The van der Waals surface area contributed by atoms with Crippen molar-refractivity contribution < 1.29 is 19.1 Å². The Kier molecular flexibility index (Phi) is 9.00. The van der Waals surface area contributed by atoms with Crippen LogP contribution in [0.3, 0.4) is 0 Å². The minimum Gasteiger partial charge on any atom is -0.497 e. The topological polar surface area (TPSA) is 113 Å². The van der Waals surface area contributed by atoms with Gasteiger partial charge in [0.1, 0.15) is 32.4 Å². The second kappa shape index (κ2) is 12.2. The Morgan fingerprint density at radius 2 is 1.52 bits per heavy atom. The van der Waals surface area contributed by atoms with Crippen LogP contribution in [0.25, 0.3) is 0 Å². The number of carbonyl (C=O) groups is 2. The van der Waals surface area contributed by atoms with Crippen molar-refractivity contribution in [3.63, 3.8) is 0 Å². The molecule has 0 aliphatic heterocycles. The highest BCUT2D eigenvalue weighted by molar-refractivity contribution is 8.02. The van der Waals surface area contributed by atoms with E-state index in [1.165, 1.54) is 23.5 Å². The van der Waals surface area contributed by atoms with Crippen molar-refractivity contribution in [2.75, 3.05) is 36.4 Å². The Bertz CT molecular complexity index is 1090. The molecule has 170 valence electrons. The van der Waals surface area contributed by atoms with E-state index in [-0.39, 0.29) is 23.3 Å². The highest BCUT2D eigenvalue weighted by Gasteiger charge is 2.17. The molecule has 0 saturated heterocycles. The number of nitrogens with one attached hydrogen (secondary N) is 2. The predicted molar refractivity (Wildman–Crippen MR) is 132 cm³/mol. The average Bonchev–Trinajstić information content (AvgIpc) is 3.23. The van der Waals surface area contributed by atoms with Crippen LogP contribution in [0, 0.1) is 11.3 Å². The van der Waals surface area contributed by atoms with Gasteiger partial charge >= 0.3 is 0 Å². The van der Waals surface area contributed by atoms with Crippen molar-refractivity contribution in [3.8, 4) is 17.6 Å². The zero-order chi connectivity index (χ0) is 23.6. The first-order valence-electron chi connectivity index (χ1n) is 9.55. The Morgan fingerprint density at radius 3 is 2.03 bits per heavy atom. The quantitative estimate of drug-likeness (QED) is 0.392. The van der Waals surface area contributed by atoms with Gasteiger partial charge in [0.05, 0.1) is 25.7 Å². The lowest BCUT2D eigenvalue weighted by molar-refractivity contribution is -0.114. The standard InChI is InChI=1S/C22H20N4O4S3/c1-29-16-7-3-5-14(9-16)24-19(27)12-31-21-18(11-23)22(33-26-21)32-13-20(28)25-15-6-4-8-17(10-15)30-2/h3-10H,12-13H2,1-2H3,(H,24,27)(H,25,28). The summed E-state index contributed by atoms with van der Waals surface area (Å²) in [5.74, 6) is 1.06. The van der Waals surface area contributed by atoms with Gasteiger partial charge in [0.15, 0.2) is 0 Å². The van der Waals surface area contributed by atoms with Gasteiger partial charge in [0, 0.05) is 23.5 Å². The van der Waals surface area contributed by atoms with Crippen molar-refractivity contribution in [3.05, 3.63) is 54.1 Å². The summed E-state index contributed by atoms with van der Waals surface area (Å²) in [6.07, 6.45) is 0. The van der Waals surface area contributed by atoms with Gasteiger partial charge in [0.25, 0.3) is 0 Å². The van der Waals surface area contributed by atoms with Crippen LogP contribution in [0.5, 0.6) is 11.5 Å². The summed E-state index contributed by atoms with van der Waals surface area (Å²) in [5.41, 5.74) is 1.62. The SMILES string of the molecule is COc1cccc(NC(=O)CSc2nsc(SCC(=O)Nc3cccc(OC)c3)c2C#N)c1. The fourth-order valence-corrected chi connectivity index (χ4v) is 5.31. The van der Waals surface area contributed by atoms with Crippen molar-refractivity contribution in [2.45, 2.75) is 9.24 Å². The maximum atomic E-state index is 12.3. The first-order chi connectivity index (χ1) is 16.0. The van der Waals surface area contributed by atoms with E-state index in [4.69, 9.17) is 9.47 Å². The van der Waals surface area contributed by atoms with Crippen LogP contribution in [0.4, 0.5) is 11.4 Å². The van der Waals surface area contributed by atoms with Crippen molar-refractivity contribution in [1.29, 1.82) is 5.26 Å². The van der Waals surface area contributed by atoms with Crippen molar-refractivity contribution in [2.24, 2.45) is 0 Å². The number of carbonyl (C=O) groups excluding carboxylic acids is 2. The fraction of sp³-hybridized carbons (Fsp3) is 0.182. The van der Waals surface area contributed by atoms with Crippen LogP contribution in [0.15, 0.2) is 57.8 Å². The first-order valence-corrected chi connectivity index (χ1v) is 12.3. The van der Waals surface area contributed by atoms with Crippen LogP contribution in [0.2, 0.25) is 0 Å². The van der Waals surface area contributed by atoms with Gasteiger partial charge in [-0.15, -0.1) is 11.8 Å². The summed E-state index contributed by atoms with van der Waals surface area (Å²) in [4.78, 5) is 24.6. The van der Waals surface area contributed by atoms with E-state index in [1.54, 1.807) is 62.8 Å². The summed E-state index contributed by atoms with van der Waals surface area (Å²) < 4.78 is 15.2. The molecule has 2 aromatic carbocycles. The Hall–Kier alpha value is -3.20. The van der Waals surface area contributed by atoms with E-state index in [0.717, 1.165) is 11.5 Å². The van der Waals surface area contributed by atoms with Crippen LogP contribution < -0.4 is 20.1 Å². The Balaban J connectivity index is 1.53. The zero-order valence-corrected chi connectivity index (χ0v) is 20.2. The zero-order valence-electron chi connectivity index (χ0n) is 17.8. The van der Waals surface area contributed by atoms with E-state index >= 15 is 0 Å². The monoisotopic (exact) mass is 500 g/mol. The molecule has 3 aromatic rings. The molecule has 0 bridgehead atoms. The maximum Gasteiger partial charge on any atom is 0.234 e.